The summed E-state index contributed by atoms with van der Waals surface area (Å²) in [5.41, 5.74) is 0. The quantitative estimate of drug-likeness (QED) is 0.340. The third kappa shape index (κ3) is 7.62. The Balaban J connectivity index is 0. The van der Waals surface area contributed by atoms with E-state index in [2.05, 4.69) is 5.16 Å². The molecule has 0 aromatic carbocycles. The lowest BCUT2D eigenvalue weighted by atomic mass is 10.2. The van der Waals surface area contributed by atoms with Gasteiger partial charge in [0.25, 0.3) is 0 Å². The van der Waals surface area contributed by atoms with Crippen LogP contribution in [0.5, 0.6) is 0 Å². The molecule has 0 aromatic heterocycles. The molecule has 0 spiro atoms. The highest BCUT2D eigenvalue weighted by molar-refractivity contribution is 7.92. The van der Waals surface area contributed by atoms with Gasteiger partial charge in [0, 0.05) is 13.3 Å². The Morgan fingerprint density at radius 1 is 1.42 bits per heavy atom. The second-order valence-corrected chi connectivity index (χ2v) is 6.85. The number of imide groups is 1. The number of hydrogen-bond donors (Lipinski definition) is 2. The van der Waals surface area contributed by atoms with Gasteiger partial charge < -0.3 is 10.3 Å². The van der Waals surface area contributed by atoms with E-state index in [1.54, 1.807) is 0 Å². The standard InChI is InChI=1S/C5H11NO3S.C4H6ClNO3/c1-5(2,4-6-7)10(3,8)9;1-6(4(8)9)3(7)2-5/h4,7H,1-3H3;2H2,1H3,(H,8,9). The predicted octanol–water partition coefficient (Wildman–Crippen LogP) is 0.631. The van der Waals surface area contributed by atoms with Crippen LogP contribution in [0.15, 0.2) is 5.16 Å². The first-order chi connectivity index (χ1) is 8.40. The number of nitrogens with zero attached hydrogens (tertiary/aromatic N) is 2. The molecule has 0 aliphatic rings. The molecule has 0 rings (SSSR count). The molecule has 0 unspecified atom stereocenters. The molecule has 8 nitrogen and oxygen atoms in total. The molecule has 0 aliphatic carbocycles. The van der Waals surface area contributed by atoms with Gasteiger partial charge in [0.15, 0.2) is 9.84 Å². The number of alkyl halides is 1. The van der Waals surface area contributed by atoms with Gasteiger partial charge in [0.1, 0.15) is 10.6 Å². The van der Waals surface area contributed by atoms with Crippen LogP contribution in [0.1, 0.15) is 13.8 Å². The number of oxime groups is 1. The second kappa shape index (κ2) is 7.95. The van der Waals surface area contributed by atoms with Crippen molar-refractivity contribution in [1.29, 1.82) is 0 Å². The SMILES string of the molecule is CC(C)(C=NO)S(C)(=O)=O.CN(C(=O)O)C(=O)CCl. The van der Waals surface area contributed by atoms with Crippen molar-refractivity contribution in [2.24, 2.45) is 5.16 Å². The van der Waals surface area contributed by atoms with E-state index < -0.39 is 26.6 Å². The van der Waals surface area contributed by atoms with Crippen molar-refractivity contribution in [3.63, 3.8) is 0 Å². The summed E-state index contributed by atoms with van der Waals surface area (Å²) < 4.78 is 20.6. The van der Waals surface area contributed by atoms with Gasteiger partial charge in [0.2, 0.25) is 5.91 Å². The summed E-state index contributed by atoms with van der Waals surface area (Å²) in [4.78, 5) is 20.8. The fourth-order valence-corrected chi connectivity index (χ4v) is 0.849. The molecule has 0 saturated heterocycles. The molecule has 0 heterocycles. The first-order valence-electron chi connectivity index (χ1n) is 4.84. The van der Waals surface area contributed by atoms with Crippen LogP contribution in [0.25, 0.3) is 0 Å². The largest absolute Gasteiger partial charge is 0.465 e. The van der Waals surface area contributed by atoms with E-state index in [-0.39, 0.29) is 5.88 Å². The van der Waals surface area contributed by atoms with Gasteiger partial charge in [-0.1, -0.05) is 0 Å². The third-order valence-electron chi connectivity index (χ3n) is 2.10. The number of carbonyl (C=O) groups excluding carboxylic acids is 1. The second-order valence-electron chi connectivity index (χ2n) is 3.99. The zero-order valence-corrected chi connectivity index (χ0v) is 12.6. The van der Waals surface area contributed by atoms with E-state index in [9.17, 15) is 18.0 Å². The predicted molar refractivity (Wildman–Crippen MR) is 70.7 cm³/mol. The lowest BCUT2D eigenvalue weighted by Gasteiger charge is -2.14. The maximum atomic E-state index is 10.8. The van der Waals surface area contributed by atoms with E-state index in [4.69, 9.17) is 21.9 Å². The average molecular weight is 317 g/mol. The average Bonchev–Trinajstić information content (AvgIpc) is 2.26. The van der Waals surface area contributed by atoms with E-state index in [0.717, 1.165) is 19.5 Å². The van der Waals surface area contributed by atoms with E-state index in [1.165, 1.54) is 13.8 Å². The zero-order chi connectivity index (χ0) is 15.9. The Kier molecular flexibility index (Phi) is 8.36. The molecular formula is C9H17ClN2O6S. The molecule has 2 N–H and O–H groups in total. The summed E-state index contributed by atoms with van der Waals surface area (Å²) in [6, 6.07) is 0. The first-order valence-corrected chi connectivity index (χ1v) is 7.27. The molecule has 0 bridgehead atoms. The fraction of sp³-hybridized carbons (Fsp3) is 0.667. The summed E-state index contributed by atoms with van der Waals surface area (Å²) in [5, 5.41) is 18.9. The molecule has 0 fully saturated rings. The van der Waals surface area contributed by atoms with Gasteiger partial charge in [-0.05, 0) is 13.8 Å². The van der Waals surface area contributed by atoms with Crippen LogP contribution >= 0.6 is 11.6 Å². The molecule has 0 atom stereocenters. The highest BCUT2D eigenvalue weighted by Crippen LogP contribution is 2.11. The van der Waals surface area contributed by atoms with Crippen LogP contribution in [0.3, 0.4) is 0 Å². The summed E-state index contributed by atoms with van der Waals surface area (Å²) in [5.74, 6) is -0.924. The van der Waals surface area contributed by atoms with Crippen molar-refractivity contribution in [2.75, 3.05) is 19.2 Å². The summed E-state index contributed by atoms with van der Waals surface area (Å²) >= 11 is 5.04. The lowest BCUT2D eigenvalue weighted by molar-refractivity contribution is -0.125. The van der Waals surface area contributed by atoms with E-state index in [1.807, 2.05) is 0 Å². The van der Waals surface area contributed by atoms with Crippen molar-refractivity contribution in [3.05, 3.63) is 0 Å². The Hall–Kier alpha value is -1.35. The fourth-order valence-electron chi connectivity index (χ4n) is 0.431. The number of halogens is 1. The molecule has 0 radical (unpaired) electrons. The minimum atomic E-state index is -3.17. The molecule has 0 aromatic rings. The summed E-state index contributed by atoms with van der Waals surface area (Å²) in [7, 11) is -2.03. The van der Waals surface area contributed by atoms with Gasteiger partial charge in [-0.3, -0.25) is 4.79 Å². The van der Waals surface area contributed by atoms with Crippen LogP contribution in [0, 0.1) is 0 Å². The minimum absolute atomic E-state index is 0.303. The van der Waals surface area contributed by atoms with Crippen LogP contribution in [-0.2, 0) is 14.6 Å². The highest BCUT2D eigenvalue weighted by Gasteiger charge is 2.28. The van der Waals surface area contributed by atoms with E-state index in [0.29, 0.717) is 4.90 Å². The molecule has 10 heteroatoms. The van der Waals surface area contributed by atoms with Gasteiger partial charge in [-0.15, -0.1) is 16.8 Å². The number of rotatable bonds is 3. The Labute approximate surface area is 116 Å². The van der Waals surface area contributed by atoms with Gasteiger partial charge in [-0.2, -0.15) is 0 Å². The van der Waals surface area contributed by atoms with Crippen molar-refractivity contribution < 1.29 is 28.3 Å². The molecule has 0 aliphatic heterocycles. The van der Waals surface area contributed by atoms with Crippen LogP contribution in [-0.4, -0.2) is 65.8 Å². The normalized spacial score (nSPS) is 11.6. The number of sulfone groups is 1. The number of hydrogen-bond acceptors (Lipinski definition) is 6. The summed E-state index contributed by atoms with van der Waals surface area (Å²) in [6.45, 7) is 2.92. The monoisotopic (exact) mass is 316 g/mol. The Morgan fingerprint density at radius 3 is 1.95 bits per heavy atom. The molecule has 2 amide bonds. The molecule has 112 valence electrons. The van der Waals surface area contributed by atoms with Gasteiger partial charge >= 0.3 is 6.09 Å². The van der Waals surface area contributed by atoms with Crippen LogP contribution in [0.2, 0.25) is 0 Å². The van der Waals surface area contributed by atoms with Crippen LogP contribution in [0.4, 0.5) is 4.79 Å². The Bertz CT molecular complexity index is 446. The van der Waals surface area contributed by atoms with Crippen molar-refractivity contribution >= 4 is 39.7 Å². The van der Waals surface area contributed by atoms with Gasteiger partial charge in [0.05, 0.1) is 6.21 Å². The minimum Gasteiger partial charge on any atom is -0.465 e. The van der Waals surface area contributed by atoms with Crippen LogP contribution < -0.4 is 0 Å². The van der Waals surface area contributed by atoms with Crippen molar-refractivity contribution in [3.8, 4) is 0 Å². The topological polar surface area (TPSA) is 124 Å². The lowest BCUT2D eigenvalue weighted by Crippen LogP contribution is -2.32. The molecule has 19 heavy (non-hydrogen) atoms. The molecular weight excluding hydrogens is 300 g/mol. The smallest absolute Gasteiger partial charge is 0.413 e. The first kappa shape index (κ1) is 20.0. The number of carboxylic acid groups (broad SMARTS) is 1. The molecule has 0 saturated carbocycles. The highest BCUT2D eigenvalue weighted by atomic mass is 35.5. The maximum absolute atomic E-state index is 10.8. The third-order valence-corrected chi connectivity index (χ3v) is 4.35. The summed E-state index contributed by atoms with van der Waals surface area (Å²) in [6.07, 6.45) is 0.789. The van der Waals surface area contributed by atoms with Crippen molar-refractivity contribution in [2.45, 2.75) is 18.6 Å². The zero-order valence-electron chi connectivity index (χ0n) is 11.0. The number of amides is 2. The Morgan fingerprint density at radius 2 is 1.84 bits per heavy atom. The van der Waals surface area contributed by atoms with E-state index >= 15 is 0 Å². The number of carbonyl (C=O) groups is 2. The van der Waals surface area contributed by atoms with Crippen molar-refractivity contribution in [1.82, 2.24) is 4.90 Å². The van der Waals surface area contributed by atoms with Gasteiger partial charge in [-0.25, -0.2) is 18.1 Å². The maximum Gasteiger partial charge on any atom is 0.413 e.